The Bertz CT molecular complexity index is 337. The molecule has 0 aliphatic heterocycles. The Labute approximate surface area is 99.9 Å². The average molecular weight is 322 g/mol. The molecule has 0 aliphatic rings. The van der Waals surface area contributed by atoms with Crippen LogP contribution in [0.5, 0.6) is 0 Å². The molecule has 0 N–H and O–H groups in total. The number of methoxy groups -OCH3 is 1. The van der Waals surface area contributed by atoms with Crippen LogP contribution in [0.1, 0.15) is 15.9 Å². The van der Waals surface area contributed by atoms with Crippen LogP contribution in [0.2, 0.25) is 0 Å². The van der Waals surface area contributed by atoms with Gasteiger partial charge in [0.1, 0.15) is 0 Å². The van der Waals surface area contributed by atoms with Gasteiger partial charge in [-0.3, -0.25) is 4.79 Å². The first kappa shape index (κ1) is 11.9. The lowest BCUT2D eigenvalue weighted by molar-refractivity contribution is 0.102. The van der Waals surface area contributed by atoms with Crippen molar-refractivity contribution >= 4 is 37.6 Å². The Kier molecular flexibility index (Phi) is 4.78. The Balaban J connectivity index is 2.99. The maximum Gasteiger partial charge on any atom is 0.173 e. The molecule has 14 heavy (non-hydrogen) atoms. The second-order valence-electron chi connectivity index (χ2n) is 2.80. The topological polar surface area (TPSA) is 26.3 Å². The predicted molar refractivity (Wildman–Crippen MR) is 63.0 cm³/mol. The minimum atomic E-state index is 0.0786. The average Bonchev–Trinajstić information content (AvgIpc) is 2.20. The van der Waals surface area contributed by atoms with Crippen molar-refractivity contribution in [3.8, 4) is 0 Å². The lowest BCUT2D eigenvalue weighted by atomic mass is 10.1. The summed E-state index contributed by atoms with van der Waals surface area (Å²) in [6.45, 7) is 0.504. The monoisotopic (exact) mass is 320 g/mol. The summed E-state index contributed by atoms with van der Waals surface area (Å²) in [5, 5.41) is 0.348. The van der Waals surface area contributed by atoms with Gasteiger partial charge >= 0.3 is 0 Å². The molecule has 0 bridgehead atoms. The van der Waals surface area contributed by atoms with Crippen molar-refractivity contribution in [2.45, 2.75) is 6.61 Å². The zero-order chi connectivity index (χ0) is 10.6. The van der Waals surface area contributed by atoms with Crippen LogP contribution < -0.4 is 0 Å². The molecular formula is C10H10Br2O2. The lowest BCUT2D eigenvalue weighted by Crippen LogP contribution is -2.01. The van der Waals surface area contributed by atoms with Gasteiger partial charge in [-0.25, -0.2) is 0 Å². The number of rotatable bonds is 4. The zero-order valence-corrected chi connectivity index (χ0v) is 10.9. The first-order valence-electron chi connectivity index (χ1n) is 4.05. The predicted octanol–water partition coefficient (Wildman–Crippen LogP) is 3.17. The molecule has 0 amide bonds. The fourth-order valence-electron chi connectivity index (χ4n) is 1.09. The van der Waals surface area contributed by atoms with Crippen LogP contribution in [0, 0.1) is 0 Å². The lowest BCUT2D eigenvalue weighted by Gasteiger charge is -2.05. The molecule has 0 aliphatic carbocycles. The minimum absolute atomic E-state index is 0.0786. The van der Waals surface area contributed by atoms with Crippen LogP contribution in [0.3, 0.4) is 0 Å². The molecular weight excluding hydrogens is 312 g/mol. The molecule has 76 valence electrons. The van der Waals surface area contributed by atoms with Crippen LogP contribution in [0.4, 0.5) is 0 Å². The van der Waals surface area contributed by atoms with Gasteiger partial charge in [0.15, 0.2) is 5.78 Å². The molecule has 1 rings (SSSR count). The van der Waals surface area contributed by atoms with Gasteiger partial charge in [0.25, 0.3) is 0 Å². The van der Waals surface area contributed by atoms with E-state index in [0.29, 0.717) is 17.5 Å². The van der Waals surface area contributed by atoms with Gasteiger partial charge in [-0.2, -0.15) is 0 Å². The summed E-state index contributed by atoms with van der Waals surface area (Å²) >= 11 is 6.54. The summed E-state index contributed by atoms with van der Waals surface area (Å²) in [6, 6.07) is 5.51. The van der Waals surface area contributed by atoms with E-state index in [1.165, 1.54) is 0 Å². The number of Topliss-reactive ketones (excluding diaryl/α,β-unsaturated/α-hetero) is 1. The van der Waals surface area contributed by atoms with E-state index in [-0.39, 0.29) is 5.78 Å². The highest BCUT2D eigenvalue weighted by Gasteiger charge is 2.06. The maximum absolute atomic E-state index is 11.4. The van der Waals surface area contributed by atoms with Crippen LogP contribution in [-0.4, -0.2) is 18.2 Å². The van der Waals surface area contributed by atoms with E-state index >= 15 is 0 Å². The number of carbonyl (C=O) groups excluding carboxylic acids is 1. The van der Waals surface area contributed by atoms with Gasteiger partial charge in [-0.1, -0.05) is 37.9 Å². The molecule has 0 radical (unpaired) electrons. The SMILES string of the molecule is COCc1cc(C(=O)CBr)ccc1Br. The number of halogens is 2. The van der Waals surface area contributed by atoms with E-state index in [2.05, 4.69) is 31.9 Å². The van der Waals surface area contributed by atoms with Crippen LogP contribution >= 0.6 is 31.9 Å². The van der Waals surface area contributed by atoms with Crippen molar-refractivity contribution < 1.29 is 9.53 Å². The van der Waals surface area contributed by atoms with E-state index in [9.17, 15) is 4.79 Å². The third kappa shape index (κ3) is 2.90. The van der Waals surface area contributed by atoms with Gasteiger partial charge in [-0.05, 0) is 17.7 Å². The van der Waals surface area contributed by atoms with Crippen LogP contribution in [0.25, 0.3) is 0 Å². The summed E-state index contributed by atoms with van der Waals surface area (Å²) in [5.74, 6) is 0.0786. The standard InChI is InChI=1S/C10H10Br2O2/c1-14-6-8-4-7(10(13)5-11)2-3-9(8)12/h2-4H,5-6H2,1H3. The van der Waals surface area contributed by atoms with E-state index in [0.717, 1.165) is 10.0 Å². The highest BCUT2D eigenvalue weighted by Crippen LogP contribution is 2.19. The van der Waals surface area contributed by atoms with Crippen molar-refractivity contribution in [1.29, 1.82) is 0 Å². The third-order valence-electron chi connectivity index (χ3n) is 1.79. The summed E-state index contributed by atoms with van der Waals surface area (Å²) in [4.78, 5) is 11.4. The Morgan fingerprint density at radius 1 is 1.50 bits per heavy atom. The highest BCUT2D eigenvalue weighted by molar-refractivity contribution is 9.10. The summed E-state index contributed by atoms with van der Waals surface area (Å²) in [7, 11) is 1.63. The normalized spacial score (nSPS) is 10.2. The van der Waals surface area contributed by atoms with E-state index in [1.807, 2.05) is 12.1 Å². The molecule has 1 aromatic rings. The number of ketones is 1. The van der Waals surface area contributed by atoms with Gasteiger partial charge in [-0.15, -0.1) is 0 Å². The number of benzene rings is 1. The molecule has 0 spiro atoms. The van der Waals surface area contributed by atoms with Gasteiger partial charge in [0.05, 0.1) is 11.9 Å². The Morgan fingerprint density at radius 3 is 2.79 bits per heavy atom. The summed E-state index contributed by atoms with van der Waals surface area (Å²) < 4.78 is 5.99. The van der Waals surface area contributed by atoms with Crippen LogP contribution in [-0.2, 0) is 11.3 Å². The molecule has 0 saturated heterocycles. The molecule has 4 heteroatoms. The highest BCUT2D eigenvalue weighted by atomic mass is 79.9. The zero-order valence-electron chi connectivity index (χ0n) is 7.72. The number of hydrogen-bond acceptors (Lipinski definition) is 2. The van der Waals surface area contributed by atoms with E-state index < -0.39 is 0 Å². The number of alkyl halides is 1. The minimum Gasteiger partial charge on any atom is -0.380 e. The Morgan fingerprint density at radius 2 is 2.21 bits per heavy atom. The third-order valence-corrected chi connectivity index (χ3v) is 3.07. The molecule has 0 unspecified atom stereocenters. The van der Waals surface area contributed by atoms with Gasteiger partial charge in [0.2, 0.25) is 0 Å². The molecule has 0 heterocycles. The quantitative estimate of drug-likeness (QED) is 0.629. The van der Waals surface area contributed by atoms with Crippen molar-refractivity contribution in [2.75, 3.05) is 12.4 Å². The van der Waals surface area contributed by atoms with Crippen molar-refractivity contribution in [1.82, 2.24) is 0 Å². The second-order valence-corrected chi connectivity index (χ2v) is 4.21. The molecule has 0 fully saturated rings. The first-order valence-corrected chi connectivity index (χ1v) is 5.97. The van der Waals surface area contributed by atoms with Gasteiger partial charge in [0, 0.05) is 17.1 Å². The summed E-state index contributed by atoms with van der Waals surface area (Å²) in [5.41, 5.74) is 1.69. The number of hydrogen-bond donors (Lipinski definition) is 0. The second kappa shape index (κ2) is 5.63. The van der Waals surface area contributed by atoms with Crippen LogP contribution in [0.15, 0.2) is 22.7 Å². The largest absolute Gasteiger partial charge is 0.380 e. The fraction of sp³-hybridized carbons (Fsp3) is 0.300. The van der Waals surface area contributed by atoms with Crippen molar-refractivity contribution in [2.24, 2.45) is 0 Å². The van der Waals surface area contributed by atoms with Gasteiger partial charge < -0.3 is 4.74 Å². The fourth-order valence-corrected chi connectivity index (χ4v) is 1.78. The molecule has 0 saturated carbocycles. The number of carbonyl (C=O) groups is 1. The maximum atomic E-state index is 11.4. The molecule has 2 nitrogen and oxygen atoms in total. The van der Waals surface area contributed by atoms with E-state index in [4.69, 9.17) is 4.74 Å². The van der Waals surface area contributed by atoms with E-state index in [1.54, 1.807) is 13.2 Å². The number of ether oxygens (including phenoxy) is 1. The first-order chi connectivity index (χ1) is 6.69. The summed E-state index contributed by atoms with van der Waals surface area (Å²) in [6.07, 6.45) is 0. The smallest absolute Gasteiger partial charge is 0.173 e. The molecule has 1 aromatic carbocycles. The Hall–Kier alpha value is -0.190. The van der Waals surface area contributed by atoms with Crippen molar-refractivity contribution in [3.63, 3.8) is 0 Å². The molecule has 0 atom stereocenters. The molecule has 0 aromatic heterocycles. The van der Waals surface area contributed by atoms with Crippen molar-refractivity contribution in [3.05, 3.63) is 33.8 Å².